The van der Waals surface area contributed by atoms with E-state index in [9.17, 15) is 9.59 Å². The lowest BCUT2D eigenvalue weighted by Gasteiger charge is -2.34. The Kier molecular flexibility index (Phi) is 7.54. The van der Waals surface area contributed by atoms with Crippen LogP contribution in [0.5, 0.6) is 5.75 Å². The molecule has 4 aromatic rings. The number of aromatic nitrogens is 1. The van der Waals surface area contributed by atoms with Crippen molar-refractivity contribution in [2.45, 2.75) is 0 Å². The first kappa shape index (κ1) is 24.9. The molecule has 7 heteroatoms. The van der Waals surface area contributed by atoms with E-state index in [0.29, 0.717) is 37.5 Å². The molecule has 0 bridgehead atoms. The highest BCUT2D eigenvalue weighted by Gasteiger charge is 2.24. The number of carbonyl (C=O) groups is 2. The highest BCUT2D eigenvalue weighted by Crippen LogP contribution is 2.25. The maximum absolute atomic E-state index is 13.7. The van der Waals surface area contributed by atoms with Crippen LogP contribution < -0.4 is 10.1 Å². The fourth-order valence-corrected chi connectivity index (χ4v) is 4.46. The highest BCUT2D eigenvalue weighted by atomic mass is 16.5. The number of benzene rings is 3. The van der Waals surface area contributed by atoms with Crippen molar-refractivity contribution >= 4 is 34.9 Å². The second-order valence-corrected chi connectivity index (χ2v) is 9.09. The van der Waals surface area contributed by atoms with E-state index in [2.05, 4.69) is 39.6 Å². The molecule has 0 spiro atoms. The molecule has 5 rings (SSSR count). The number of hydrogen-bond acceptors (Lipinski definition) is 4. The summed E-state index contributed by atoms with van der Waals surface area (Å²) in [6.07, 6.45) is 7.72. The number of carbonyl (C=O) groups excluding carboxylic acids is 2. The van der Waals surface area contributed by atoms with Gasteiger partial charge in [-0.3, -0.25) is 9.59 Å². The molecule has 0 radical (unpaired) electrons. The van der Waals surface area contributed by atoms with Crippen molar-refractivity contribution in [2.75, 3.05) is 33.3 Å². The minimum atomic E-state index is -0.327. The molecular formula is C31H30N4O3. The Balaban J connectivity index is 1.37. The van der Waals surface area contributed by atoms with Crippen LogP contribution in [0.25, 0.3) is 23.1 Å². The molecule has 2 heterocycles. The van der Waals surface area contributed by atoms with E-state index in [4.69, 9.17) is 4.74 Å². The van der Waals surface area contributed by atoms with Crippen LogP contribution in [0.3, 0.4) is 0 Å². The number of fused-ring (bicyclic) bond motifs is 1. The molecule has 0 aliphatic carbocycles. The number of hydrogen-bond donors (Lipinski definition) is 2. The average Bonchev–Trinajstić information content (AvgIpc) is 3.38. The molecule has 1 aromatic heterocycles. The Hall–Kier alpha value is -4.78. The smallest absolute Gasteiger partial charge is 0.270 e. The fraction of sp³-hybridized carbons (Fsp3) is 0.161. The second kappa shape index (κ2) is 11.5. The van der Waals surface area contributed by atoms with Gasteiger partial charge in [-0.2, -0.15) is 0 Å². The van der Waals surface area contributed by atoms with Crippen molar-refractivity contribution in [2.24, 2.45) is 0 Å². The predicted octanol–water partition coefficient (Wildman–Crippen LogP) is 4.76. The van der Waals surface area contributed by atoms with Gasteiger partial charge < -0.3 is 24.8 Å². The molecule has 0 unspecified atom stereocenters. The summed E-state index contributed by atoms with van der Waals surface area (Å²) in [5.41, 5.74) is 3.56. The van der Waals surface area contributed by atoms with Gasteiger partial charge in [0.25, 0.3) is 11.8 Å². The quantitative estimate of drug-likeness (QED) is 0.354. The van der Waals surface area contributed by atoms with E-state index in [1.165, 1.54) is 0 Å². The summed E-state index contributed by atoms with van der Waals surface area (Å²) in [5, 5.41) is 3.78. The van der Waals surface area contributed by atoms with Crippen LogP contribution in [0.1, 0.15) is 21.5 Å². The van der Waals surface area contributed by atoms with Crippen LogP contribution in [0.2, 0.25) is 0 Å². The van der Waals surface area contributed by atoms with E-state index in [-0.39, 0.29) is 17.5 Å². The Labute approximate surface area is 222 Å². The first-order valence-corrected chi connectivity index (χ1v) is 12.6. The molecule has 192 valence electrons. The van der Waals surface area contributed by atoms with Gasteiger partial charge >= 0.3 is 0 Å². The van der Waals surface area contributed by atoms with Gasteiger partial charge in [-0.1, -0.05) is 48.5 Å². The third-order valence-corrected chi connectivity index (χ3v) is 6.61. The van der Waals surface area contributed by atoms with E-state index < -0.39 is 0 Å². The predicted molar refractivity (Wildman–Crippen MR) is 150 cm³/mol. The Morgan fingerprint density at radius 2 is 1.63 bits per heavy atom. The number of amides is 2. The van der Waals surface area contributed by atoms with Crippen LogP contribution in [0, 0.1) is 0 Å². The minimum Gasteiger partial charge on any atom is -0.497 e. The molecule has 1 aliphatic heterocycles. The van der Waals surface area contributed by atoms with Gasteiger partial charge in [0.2, 0.25) is 0 Å². The first-order chi connectivity index (χ1) is 18.6. The number of rotatable bonds is 7. The van der Waals surface area contributed by atoms with Crippen molar-refractivity contribution in [3.63, 3.8) is 0 Å². The summed E-state index contributed by atoms with van der Waals surface area (Å²) < 4.78 is 5.39. The molecule has 1 aliphatic rings. The molecule has 1 saturated heterocycles. The van der Waals surface area contributed by atoms with Gasteiger partial charge in [-0.25, -0.2) is 0 Å². The molecule has 0 saturated carbocycles. The summed E-state index contributed by atoms with van der Waals surface area (Å²) in [7, 11) is 1.62. The molecule has 0 atom stereocenters. The molecule has 3 aromatic carbocycles. The first-order valence-electron chi connectivity index (χ1n) is 12.6. The topological polar surface area (TPSA) is 77.7 Å². The number of methoxy groups -OCH3 is 1. The average molecular weight is 507 g/mol. The molecule has 1 fully saturated rings. The Morgan fingerprint density at radius 3 is 2.34 bits per heavy atom. The Bertz CT molecular complexity index is 1470. The number of nitrogens with zero attached hydrogens (tertiary/aromatic N) is 2. The van der Waals surface area contributed by atoms with Crippen molar-refractivity contribution in [1.29, 1.82) is 0 Å². The van der Waals surface area contributed by atoms with Crippen molar-refractivity contribution in [3.05, 3.63) is 114 Å². The van der Waals surface area contributed by atoms with Crippen LogP contribution >= 0.6 is 0 Å². The van der Waals surface area contributed by atoms with Gasteiger partial charge in [0.15, 0.2) is 0 Å². The largest absolute Gasteiger partial charge is 0.497 e. The maximum Gasteiger partial charge on any atom is 0.270 e. The third kappa shape index (κ3) is 5.78. The standard InChI is InChI=1S/C31H30N4O3/c1-38-26-12-13-28-27(21-26)25(22-32-28)20-29(33-30(36)24-10-6-3-7-11-24)31(37)35-18-16-34(17-19-35)15-14-23-8-4-2-5-9-23/h2-15,20-22,32H,16-19H2,1H3,(H,33,36). The zero-order valence-corrected chi connectivity index (χ0v) is 21.3. The van der Waals surface area contributed by atoms with Crippen molar-refractivity contribution in [1.82, 2.24) is 20.1 Å². The molecular weight excluding hydrogens is 476 g/mol. The van der Waals surface area contributed by atoms with Crippen LogP contribution in [-0.2, 0) is 4.79 Å². The summed E-state index contributed by atoms with van der Waals surface area (Å²) >= 11 is 0. The van der Waals surface area contributed by atoms with E-state index in [1.54, 1.807) is 42.4 Å². The zero-order valence-electron chi connectivity index (χ0n) is 21.3. The number of piperazine rings is 1. The van der Waals surface area contributed by atoms with E-state index >= 15 is 0 Å². The molecule has 2 N–H and O–H groups in total. The zero-order chi connectivity index (χ0) is 26.3. The minimum absolute atomic E-state index is 0.210. The van der Waals surface area contributed by atoms with Crippen molar-refractivity contribution in [3.8, 4) is 5.75 Å². The summed E-state index contributed by atoms with van der Waals surface area (Å²) in [6.45, 7) is 2.52. The fourth-order valence-electron chi connectivity index (χ4n) is 4.46. The second-order valence-electron chi connectivity index (χ2n) is 9.09. The normalized spacial score (nSPS) is 14.2. The van der Waals surface area contributed by atoms with E-state index in [0.717, 1.165) is 22.0 Å². The SMILES string of the molecule is COc1ccc2[nH]cc(C=C(NC(=O)c3ccccc3)C(=O)N3CCN(C=Cc4ccccc4)CC3)c2c1. The van der Waals surface area contributed by atoms with Gasteiger partial charge in [0.1, 0.15) is 11.4 Å². The lowest BCUT2D eigenvalue weighted by Crippen LogP contribution is -2.48. The van der Waals surface area contributed by atoms with Gasteiger partial charge in [-0.05, 0) is 54.2 Å². The number of ether oxygens (including phenoxy) is 1. The molecule has 38 heavy (non-hydrogen) atoms. The summed E-state index contributed by atoms with van der Waals surface area (Å²) in [6, 6.07) is 24.8. The number of H-pyrrole nitrogens is 1. The summed E-state index contributed by atoms with van der Waals surface area (Å²) in [5.74, 6) is 0.179. The maximum atomic E-state index is 13.7. The lowest BCUT2D eigenvalue weighted by atomic mass is 10.1. The van der Waals surface area contributed by atoms with Gasteiger partial charge in [0, 0.05) is 54.4 Å². The molecule has 7 nitrogen and oxygen atoms in total. The third-order valence-electron chi connectivity index (χ3n) is 6.61. The number of nitrogens with one attached hydrogen (secondary N) is 2. The van der Waals surface area contributed by atoms with Gasteiger partial charge in [0.05, 0.1) is 7.11 Å². The van der Waals surface area contributed by atoms with Crippen LogP contribution in [0.15, 0.2) is 97.0 Å². The van der Waals surface area contributed by atoms with Crippen LogP contribution in [-0.4, -0.2) is 59.9 Å². The summed E-state index contributed by atoms with van der Waals surface area (Å²) in [4.78, 5) is 34.0. The number of aromatic amines is 1. The highest BCUT2D eigenvalue weighted by molar-refractivity contribution is 6.06. The molecule has 2 amide bonds. The lowest BCUT2D eigenvalue weighted by molar-refractivity contribution is -0.128. The van der Waals surface area contributed by atoms with Crippen LogP contribution in [0.4, 0.5) is 0 Å². The monoisotopic (exact) mass is 506 g/mol. The van der Waals surface area contributed by atoms with Crippen molar-refractivity contribution < 1.29 is 14.3 Å². The van der Waals surface area contributed by atoms with E-state index in [1.807, 2.05) is 48.7 Å². The van der Waals surface area contributed by atoms with Gasteiger partial charge in [-0.15, -0.1) is 0 Å². The Morgan fingerprint density at radius 1 is 0.921 bits per heavy atom.